The number of hydrogen-bond acceptors (Lipinski definition) is 5. The van der Waals surface area contributed by atoms with Crippen LogP contribution in [0.4, 0.5) is 0 Å². The van der Waals surface area contributed by atoms with E-state index < -0.39 is 0 Å². The fourth-order valence-corrected chi connectivity index (χ4v) is 3.79. The van der Waals surface area contributed by atoms with Crippen molar-refractivity contribution < 1.29 is 18.7 Å². The van der Waals surface area contributed by atoms with Gasteiger partial charge in [-0.2, -0.15) is 0 Å². The summed E-state index contributed by atoms with van der Waals surface area (Å²) in [4.78, 5) is 37.8. The topological polar surface area (TPSA) is 88.9 Å². The highest BCUT2D eigenvalue weighted by Gasteiger charge is 2.46. The number of fused-ring (bicyclic) bond motifs is 3. The van der Waals surface area contributed by atoms with Crippen molar-refractivity contribution in [2.24, 2.45) is 0 Å². The van der Waals surface area contributed by atoms with Crippen LogP contribution < -0.4 is 15.7 Å². The number of piperazine rings is 1. The SMILES string of the molecule is Cc1cc(OCC(=O)N2C[C@@H]3C[C@H]2C(=O)N3)c2c(C)c(C)c(=O)oc2c1. The van der Waals surface area contributed by atoms with E-state index in [0.29, 0.717) is 35.2 Å². The summed E-state index contributed by atoms with van der Waals surface area (Å²) in [5, 5.41) is 3.54. The molecular weight excluding hydrogens is 336 g/mol. The molecule has 0 unspecified atom stereocenters. The van der Waals surface area contributed by atoms with E-state index >= 15 is 0 Å². The second-order valence-corrected chi connectivity index (χ2v) is 7.07. The van der Waals surface area contributed by atoms with Gasteiger partial charge in [0.2, 0.25) is 5.91 Å². The highest BCUT2D eigenvalue weighted by Crippen LogP contribution is 2.31. The number of nitrogens with zero attached hydrogens (tertiary/aromatic N) is 1. The minimum Gasteiger partial charge on any atom is -0.483 e. The van der Waals surface area contributed by atoms with E-state index in [0.717, 1.165) is 11.1 Å². The van der Waals surface area contributed by atoms with Crippen molar-refractivity contribution in [2.45, 2.75) is 39.3 Å². The monoisotopic (exact) mass is 356 g/mol. The minimum absolute atomic E-state index is 0.0513. The Hall–Kier alpha value is -2.83. The van der Waals surface area contributed by atoms with Gasteiger partial charge in [0.15, 0.2) is 6.61 Å². The zero-order chi connectivity index (χ0) is 18.6. The first kappa shape index (κ1) is 16.6. The summed E-state index contributed by atoms with van der Waals surface area (Å²) in [7, 11) is 0. The summed E-state index contributed by atoms with van der Waals surface area (Å²) in [6, 6.07) is 3.27. The van der Waals surface area contributed by atoms with Crippen LogP contribution in [0.15, 0.2) is 21.3 Å². The molecule has 0 radical (unpaired) electrons. The largest absolute Gasteiger partial charge is 0.483 e. The van der Waals surface area contributed by atoms with E-state index in [1.54, 1.807) is 17.9 Å². The van der Waals surface area contributed by atoms with Crippen LogP contribution in [-0.2, 0) is 9.59 Å². The van der Waals surface area contributed by atoms with E-state index in [4.69, 9.17) is 9.15 Å². The van der Waals surface area contributed by atoms with Crippen molar-refractivity contribution in [2.75, 3.05) is 13.2 Å². The Balaban J connectivity index is 1.61. The van der Waals surface area contributed by atoms with Crippen molar-refractivity contribution in [3.8, 4) is 5.75 Å². The summed E-state index contributed by atoms with van der Waals surface area (Å²) >= 11 is 0. The number of benzene rings is 1. The Morgan fingerprint density at radius 2 is 2.04 bits per heavy atom. The van der Waals surface area contributed by atoms with Crippen LogP contribution in [-0.4, -0.2) is 41.9 Å². The summed E-state index contributed by atoms with van der Waals surface area (Å²) in [6.45, 7) is 5.78. The van der Waals surface area contributed by atoms with Crippen LogP contribution in [0.25, 0.3) is 11.0 Å². The van der Waals surface area contributed by atoms with Crippen LogP contribution in [0.1, 0.15) is 23.1 Å². The molecule has 2 amide bonds. The van der Waals surface area contributed by atoms with Crippen LogP contribution in [0.2, 0.25) is 0 Å². The lowest BCUT2D eigenvalue weighted by Crippen LogP contribution is -2.51. The molecule has 0 spiro atoms. The average molecular weight is 356 g/mol. The fraction of sp³-hybridized carbons (Fsp3) is 0.421. The molecular formula is C19H20N2O5. The molecule has 7 heteroatoms. The molecule has 2 fully saturated rings. The van der Waals surface area contributed by atoms with Gasteiger partial charge in [-0.25, -0.2) is 4.79 Å². The van der Waals surface area contributed by atoms with Crippen LogP contribution in [0.3, 0.4) is 0 Å². The van der Waals surface area contributed by atoms with Crippen molar-refractivity contribution in [1.29, 1.82) is 0 Å². The molecule has 26 heavy (non-hydrogen) atoms. The summed E-state index contributed by atoms with van der Waals surface area (Å²) in [6.07, 6.45) is 0.668. The normalized spacial score (nSPS) is 21.3. The Bertz CT molecular complexity index is 994. The van der Waals surface area contributed by atoms with Crippen molar-refractivity contribution in [3.63, 3.8) is 0 Å². The molecule has 2 bridgehead atoms. The van der Waals surface area contributed by atoms with E-state index in [1.807, 2.05) is 19.9 Å². The molecule has 1 N–H and O–H groups in total. The molecule has 2 aliphatic rings. The maximum absolute atomic E-state index is 12.5. The molecule has 2 atom stereocenters. The third-order valence-electron chi connectivity index (χ3n) is 5.28. The quantitative estimate of drug-likeness (QED) is 0.835. The van der Waals surface area contributed by atoms with Gasteiger partial charge in [-0.15, -0.1) is 0 Å². The lowest BCUT2D eigenvalue weighted by molar-refractivity contribution is -0.141. The molecule has 7 nitrogen and oxygen atoms in total. The minimum atomic E-state index is -0.382. The van der Waals surface area contributed by atoms with Crippen LogP contribution in [0, 0.1) is 20.8 Å². The smallest absolute Gasteiger partial charge is 0.339 e. The average Bonchev–Trinajstić information content (AvgIpc) is 3.16. The van der Waals surface area contributed by atoms with Gasteiger partial charge in [0.05, 0.1) is 5.39 Å². The Labute approximate surface area is 149 Å². The predicted molar refractivity (Wildman–Crippen MR) is 94.2 cm³/mol. The van der Waals surface area contributed by atoms with Gasteiger partial charge in [0, 0.05) is 18.2 Å². The maximum atomic E-state index is 12.5. The predicted octanol–water partition coefficient (Wildman–Crippen LogP) is 1.20. The summed E-state index contributed by atoms with van der Waals surface area (Å²) in [5.41, 5.74) is 2.23. The number of ether oxygens (including phenoxy) is 1. The van der Waals surface area contributed by atoms with Gasteiger partial charge < -0.3 is 19.4 Å². The number of aryl methyl sites for hydroxylation is 2. The third kappa shape index (κ3) is 2.55. The molecule has 136 valence electrons. The number of hydrogen-bond donors (Lipinski definition) is 1. The van der Waals surface area contributed by atoms with Gasteiger partial charge in [-0.1, -0.05) is 0 Å². The number of nitrogens with one attached hydrogen (secondary N) is 1. The summed E-state index contributed by atoms with van der Waals surface area (Å²) in [5.74, 6) is 0.198. The lowest BCUT2D eigenvalue weighted by atomic mass is 10.0. The second-order valence-electron chi connectivity index (χ2n) is 7.07. The number of rotatable bonds is 3. The van der Waals surface area contributed by atoms with Crippen molar-refractivity contribution in [3.05, 3.63) is 39.2 Å². The van der Waals surface area contributed by atoms with Gasteiger partial charge in [0.1, 0.15) is 17.4 Å². The third-order valence-corrected chi connectivity index (χ3v) is 5.28. The number of carbonyl (C=O) groups excluding carboxylic acids is 2. The highest BCUT2D eigenvalue weighted by atomic mass is 16.5. The molecule has 2 aliphatic heterocycles. The first-order valence-corrected chi connectivity index (χ1v) is 8.62. The van der Waals surface area contributed by atoms with E-state index in [1.165, 1.54) is 0 Å². The van der Waals surface area contributed by atoms with E-state index in [2.05, 4.69) is 5.32 Å². The van der Waals surface area contributed by atoms with Crippen molar-refractivity contribution >= 4 is 22.8 Å². The molecule has 0 aliphatic carbocycles. The molecule has 2 saturated heterocycles. The Kier molecular flexibility index (Phi) is 3.75. The second kappa shape index (κ2) is 5.86. The molecule has 1 aromatic heterocycles. The van der Waals surface area contributed by atoms with E-state index in [-0.39, 0.29) is 36.1 Å². The van der Waals surface area contributed by atoms with Gasteiger partial charge in [0.25, 0.3) is 5.91 Å². The zero-order valence-electron chi connectivity index (χ0n) is 14.9. The molecule has 0 saturated carbocycles. The van der Waals surface area contributed by atoms with Crippen LogP contribution in [0.5, 0.6) is 5.75 Å². The number of carbonyl (C=O) groups is 2. The maximum Gasteiger partial charge on any atom is 0.339 e. The molecule has 2 aromatic rings. The first-order chi connectivity index (χ1) is 12.3. The van der Waals surface area contributed by atoms with Crippen molar-refractivity contribution in [1.82, 2.24) is 10.2 Å². The fourth-order valence-electron chi connectivity index (χ4n) is 3.79. The Morgan fingerprint density at radius 3 is 2.73 bits per heavy atom. The standard InChI is InChI=1S/C19H20N2O5/c1-9-4-14(17-10(2)11(3)19(24)26-15(17)5-9)25-8-16(22)21-7-12-6-13(21)18(23)20-12/h4-5,12-13H,6-8H2,1-3H3,(H,20,23)/t12-,13-/m0/s1. The number of amides is 2. The molecule has 1 aromatic carbocycles. The molecule has 3 heterocycles. The van der Waals surface area contributed by atoms with Gasteiger partial charge in [-0.05, 0) is 50.5 Å². The zero-order valence-corrected chi connectivity index (χ0v) is 14.9. The Morgan fingerprint density at radius 1 is 1.27 bits per heavy atom. The van der Waals surface area contributed by atoms with E-state index in [9.17, 15) is 14.4 Å². The molecule has 4 rings (SSSR count). The van der Waals surface area contributed by atoms with Crippen LogP contribution >= 0.6 is 0 Å². The van der Waals surface area contributed by atoms with Gasteiger partial charge >= 0.3 is 5.63 Å². The summed E-state index contributed by atoms with van der Waals surface area (Å²) < 4.78 is 11.2. The van der Waals surface area contributed by atoms with Gasteiger partial charge in [-0.3, -0.25) is 9.59 Å². The highest BCUT2D eigenvalue weighted by molar-refractivity contribution is 5.92. The number of likely N-dealkylation sites (tertiary alicyclic amines) is 1. The lowest BCUT2D eigenvalue weighted by Gasteiger charge is -2.26. The first-order valence-electron chi connectivity index (χ1n) is 8.62.